The summed E-state index contributed by atoms with van der Waals surface area (Å²) < 4.78 is 10.4. The summed E-state index contributed by atoms with van der Waals surface area (Å²) in [6, 6.07) is 7.08. The van der Waals surface area contributed by atoms with Gasteiger partial charge >= 0.3 is 5.97 Å². The number of aromatic carboxylic acids is 1. The minimum atomic E-state index is -1.21. The molecule has 0 fully saturated rings. The molecule has 0 saturated heterocycles. The molecule has 6 heteroatoms. The summed E-state index contributed by atoms with van der Waals surface area (Å²) in [5.41, 5.74) is 0.655. The third-order valence-corrected chi connectivity index (χ3v) is 2.49. The van der Waals surface area contributed by atoms with Crippen molar-refractivity contribution in [3.05, 3.63) is 30.1 Å². The molecule has 0 radical (unpaired) electrons. The minimum absolute atomic E-state index is 0.178. The van der Waals surface area contributed by atoms with E-state index in [0.29, 0.717) is 12.2 Å². The van der Waals surface area contributed by atoms with Crippen LogP contribution in [-0.2, 0) is 0 Å². The van der Waals surface area contributed by atoms with Gasteiger partial charge < -0.3 is 14.4 Å². The first kappa shape index (κ1) is 13.1. The number of carboxylic acid groups (broad SMARTS) is 1. The second-order valence-electron chi connectivity index (χ2n) is 3.95. The molecular formula is C13H14N2O4. The average Bonchev–Trinajstić information content (AvgIpc) is 2.90. The van der Waals surface area contributed by atoms with Gasteiger partial charge in [-0.2, -0.15) is 4.98 Å². The number of unbranched alkanes of at least 4 members (excludes halogenated alkanes) is 1. The van der Waals surface area contributed by atoms with Gasteiger partial charge in [-0.3, -0.25) is 0 Å². The molecule has 0 spiro atoms. The lowest BCUT2D eigenvalue weighted by Gasteiger charge is -2.04. The zero-order valence-corrected chi connectivity index (χ0v) is 10.5. The Morgan fingerprint density at radius 3 is 2.68 bits per heavy atom. The number of rotatable bonds is 6. The first-order valence-corrected chi connectivity index (χ1v) is 6.01. The summed E-state index contributed by atoms with van der Waals surface area (Å²) in [6.07, 6.45) is 2.09. The number of carboxylic acids is 1. The molecule has 2 aromatic rings. The van der Waals surface area contributed by atoms with Crippen molar-refractivity contribution in [2.24, 2.45) is 0 Å². The van der Waals surface area contributed by atoms with Gasteiger partial charge in [-0.05, 0) is 35.8 Å². The Morgan fingerprint density at radius 1 is 1.37 bits per heavy atom. The molecule has 1 aromatic carbocycles. The molecule has 2 rings (SSSR count). The van der Waals surface area contributed by atoms with Crippen LogP contribution in [0.25, 0.3) is 11.5 Å². The smallest absolute Gasteiger partial charge is 0.377 e. The molecule has 1 N–H and O–H groups in total. The predicted octanol–water partition coefficient (Wildman–Crippen LogP) is 2.61. The molecule has 0 aliphatic rings. The molecule has 6 nitrogen and oxygen atoms in total. The van der Waals surface area contributed by atoms with Gasteiger partial charge in [-0.25, -0.2) is 4.79 Å². The molecule has 0 unspecified atom stereocenters. The number of benzene rings is 1. The van der Waals surface area contributed by atoms with Crippen molar-refractivity contribution in [1.82, 2.24) is 10.1 Å². The maximum atomic E-state index is 10.6. The first-order chi connectivity index (χ1) is 9.20. The van der Waals surface area contributed by atoms with Crippen molar-refractivity contribution in [2.45, 2.75) is 19.8 Å². The highest BCUT2D eigenvalue weighted by Gasteiger charge is 2.14. The second-order valence-corrected chi connectivity index (χ2v) is 3.95. The van der Waals surface area contributed by atoms with Crippen molar-refractivity contribution >= 4 is 5.97 Å². The Bertz CT molecular complexity index is 548. The third-order valence-electron chi connectivity index (χ3n) is 2.49. The fraction of sp³-hybridized carbons (Fsp3) is 0.308. The van der Waals surface area contributed by atoms with Crippen molar-refractivity contribution in [1.29, 1.82) is 0 Å². The molecule has 0 amide bonds. The van der Waals surface area contributed by atoms with Crippen molar-refractivity contribution in [2.75, 3.05) is 6.61 Å². The van der Waals surface area contributed by atoms with E-state index in [9.17, 15) is 4.79 Å². The van der Waals surface area contributed by atoms with Gasteiger partial charge in [0.1, 0.15) is 5.75 Å². The number of nitrogens with zero attached hydrogens (tertiary/aromatic N) is 2. The number of hydrogen-bond donors (Lipinski definition) is 1. The zero-order chi connectivity index (χ0) is 13.7. The molecule has 0 aliphatic heterocycles. The van der Waals surface area contributed by atoms with Gasteiger partial charge in [-0.1, -0.05) is 13.3 Å². The predicted molar refractivity (Wildman–Crippen MR) is 67.1 cm³/mol. The Kier molecular flexibility index (Phi) is 4.12. The highest BCUT2D eigenvalue weighted by molar-refractivity contribution is 5.83. The van der Waals surface area contributed by atoms with Crippen molar-refractivity contribution in [3.8, 4) is 17.2 Å². The van der Waals surface area contributed by atoms with E-state index in [1.54, 1.807) is 24.3 Å². The summed E-state index contributed by atoms with van der Waals surface area (Å²) in [5, 5.41) is 12.1. The summed E-state index contributed by atoms with van der Waals surface area (Å²) in [5.74, 6) is -0.625. The highest BCUT2D eigenvalue weighted by atomic mass is 16.5. The largest absolute Gasteiger partial charge is 0.494 e. The van der Waals surface area contributed by atoms with Crippen LogP contribution in [0.3, 0.4) is 0 Å². The lowest BCUT2D eigenvalue weighted by molar-refractivity contribution is 0.0680. The number of hydrogen-bond acceptors (Lipinski definition) is 5. The molecule has 1 aromatic heterocycles. The normalized spacial score (nSPS) is 10.4. The van der Waals surface area contributed by atoms with Crippen molar-refractivity contribution in [3.63, 3.8) is 0 Å². The second kappa shape index (κ2) is 5.99. The molecule has 0 atom stereocenters. The standard InChI is InChI=1S/C13H14N2O4/c1-2-3-8-18-10-6-4-9(5-7-10)12-14-11(13(16)17)15-19-12/h4-7H,2-3,8H2,1H3,(H,16,17). The maximum absolute atomic E-state index is 10.6. The Morgan fingerprint density at radius 2 is 2.11 bits per heavy atom. The lowest BCUT2D eigenvalue weighted by Crippen LogP contribution is -1.98. The van der Waals surface area contributed by atoms with E-state index >= 15 is 0 Å². The van der Waals surface area contributed by atoms with E-state index in [-0.39, 0.29) is 11.7 Å². The SMILES string of the molecule is CCCCOc1ccc(-c2nc(C(=O)O)no2)cc1. The van der Waals surface area contributed by atoms with Crippen LogP contribution in [0.4, 0.5) is 0 Å². The molecule has 19 heavy (non-hydrogen) atoms. The van der Waals surface area contributed by atoms with Crippen LogP contribution in [0.5, 0.6) is 5.75 Å². The fourth-order valence-electron chi connectivity index (χ4n) is 1.46. The van der Waals surface area contributed by atoms with Crippen LogP contribution < -0.4 is 4.74 Å². The Balaban J connectivity index is 2.06. The summed E-state index contributed by atoms with van der Waals surface area (Å²) in [7, 11) is 0. The van der Waals surface area contributed by atoms with E-state index in [1.165, 1.54) is 0 Å². The third kappa shape index (κ3) is 3.31. The van der Waals surface area contributed by atoms with E-state index in [1.807, 2.05) is 0 Å². The van der Waals surface area contributed by atoms with Crippen LogP contribution in [0.2, 0.25) is 0 Å². The van der Waals surface area contributed by atoms with Crippen LogP contribution in [-0.4, -0.2) is 27.8 Å². The first-order valence-electron chi connectivity index (χ1n) is 6.01. The van der Waals surface area contributed by atoms with E-state index in [4.69, 9.17) is 14.4 Å². The monoisotopic (exact) mass is 262 g/mol. The molecule has 0 bridgehead atoms. The quantitative estimate of drug-likeness (QED) is 0.805. The van der Waals surface area contributed by atoms with Gasteiger partial charge in [0.2, 0.25) is 0 Å². The van der Waals surface area contributed by atoms with Gasteiger partial charge in [0, 0.05) is 5.56 Å². The number of ether oxygens (including phenoxy) is 1. The molecule has 1 heterocycles. The maximum Gasteiger partial charge on any atom is 0.377 e. The highest BCUT2D eigenvalue weighted by Crippen LogP contribution is 2.21. The Labute approximate surface area is 110 Å². The molecule has 0 saturated carbocycles. The van der Waals surface area contributed by atoms with Crippen LogP contribution in [0, 0.1) is 0 Å². The van der Waals surface area contributed by atoms with Gasteiger partial charge in [0.25, 0.3) is 11.7 Å². The zero-order valence-electron chi connectivity index (χ0n) is 10.5. The Hall–Kier alpha value is -2.37. The molecule has 100 valence electrons. The molecular weight excluding hydrogens is 248 g/mol. The summed E-state index contributed by atoms with van der Waals surface area (Å²) in [4.78, 5) is 14.4. The summed E-state index contributed by atoms with van der Waals surface area (Å²) in [6.45, 7) is 2.78. The van der Waals surface area contributed by atoms with Gasteiger partial charge in [0.15, 0.2) is 0 Å². The lowest BCUT2D eigenvalue weighted by atomic mass is 10.2. The fourth-order valence-corrected chi connectivity index (χ4v) is 1.46. The van der Waals surface area contributed by atoms with Crippen molar-refractivity contribution < 1.29 is 19.2 Å². The van der Waals surface area contributed by atoms with E-state index < -0.39 is 5.97 Å². The van der Waals surface area contributed by atoms with Gasteiger partial charge in [0.05, 0.1) is 6.61 Å². The number of aromatic nitrogens is 2. The van der Waals surface area contributed by atoms with Crippen LogP contribution in [0.1, 0.15) is 30.4 Å². The topological polar surface area (TPSA) is 85.5 Å². The van der Waals surface area contributed by atoms with Crippen LogP contribution in [0.15, 0.2) is 28.8 Å². The average molecular weight is 262 g/mol. The van der Waals surface area contributed by atoms with E-state index in [0.717, 1.165) is 18.6 Å². The number of carbonyl (C=O) groups is 1. The summed E-state index contributed by atoms with van der Waals surface area (Å²) >= 11 is 0. The minimum Gasteiger partial charge on any atom is -0.494 e. The van der Waals surface area contributed by atoms with E-state index in [2.05, 4.69) is 17.1 Å². The molecule has 0 aliphatic carbocycles. The van der Waals surface area contributed by atoms with Gasteiger partial charge in [-0.15, -0.1) is 0 Å². The van der Waals surface area contributed by atoms with Crippen LogP contribution >= 0.6 is 0 Å².